The Bertz CT molecular complexity index is 587. The lowest BCUT2D eigenvalue weighted by atomic mass is 9.83. The number of rotatable bonds is 4. The highest BCUT2D eigenvalue weighted by Gasteiger charge is 2.34. The molecule has 1 aromatic rings. The molecule has 1 fully saturated rings. The molecule has 0 aromatic heterocycles. The maximum atomic E-state index is 13.6. The second-order valence-electron chi connectivity index (χ2n) is 5.35. The molecule has 22 heavy (non-hydrogen) atoms. The van der Waals surface area contributed by atoms with E-state index in [-0.39, 0.29) is 23.7 Å². The number of amides is 1. The minimum Gasteiger partial charge on any atom is -0.467 e. The molecule has 5 nitrogen and oxygen atoms in total. The highest BCUT2D eigenvalue weighted by atomic mass is 19.1. The molecular formula is C16H18FNO4. The second-order valence-corrected chi connectivity index (χ2v) is 5.35. The number of nitrogens with one attached hydrogen (secondary N) is 1. The summed E-state index contributed by atoms with van der Waals surface area (Å²) >= 11 is 0. The molecule has 6 heteroatoms. The van der Waals surface area contributed by atoms with Gasteiger partial charge in [-0.25, -0.2) is 9.18 Å². The van der Waals surface area contributed by atoms with Crippen molar-refractivity contribution >= 4 is 17.7 Å². The van der Waals surface area contributed by atoms with Crippen molar-refractivity contribution < 1.29 is 23.5 Å². The van der Waals surface area contributed by atoms with E-state index in [1.54, 1.807) is 0 Å². The molecule has 2 atom stereocenters. The van der Waals surface area contributed by atoms with Crippen LogP contribution in [0.1, 0.15) is 36.0 Å². The number of halogens is 1. The lowest BCUT2D eigenvalue weighted by molar-refractivity contribution is -0.145. The molecule has 0 heterocycles. The summed E-state index contributed by atoms with van der Waals surface area (Å²) in [4.78, 5) is 35.7. The number of hydrogen-bond acceptors (Lipinski definition) is 4. The van der Waals surface area contributed by atoms with Gasteiger partial charge in [0.05, 0.1) is 12.7 Å². The SMILES string of the molecule is COC(=O)[C@H](NC(=O)c1ccccc1F)[C@H]1CCCC(=O)C1. The van der Waals surface area contributed by atoms with Crippen LogP contribution < -0.4 is 5.32 Å². The second kappa shape index (κ2) is 7.15. The molecule has 0 radical (unpaired) electrons. The number of ether oxygens (including phenoxy) is 1. The third-order valence-electron chi connectivity index (χ3n) is 3.85. The summed E-state index contributed by atoms with van der Waals surface area (Å²) in [5.74, 6) is -2.23. The van der Waals surface area contributed by atoms with Crippen LogP contribution in [0.3, 0.4) is 0 Å². The van der Waals surface area contributed by atoms with Crippen molar-refractivity contribution in [3.8, 4) is 0 Å². The fraction of sp³-hybridized carbons (Fsp3) is 0.438. The average molecular weight is 307 g/mol. The maximum absolute atomic E-state index is 13.6. The molecule has 0 aliphatic heterocycles. The average Bonchev–Trinajstić information content (AvgIpc) is 2.52. The Kier molecular flexibility index (Phi) is 5.25. The van der Waals surface area contributed by atoms with Gasteiger partial charge in [0, 0.05) is 12.8 Å². The first-order chi connectivity index (χ1) is 10.5. The molecule has 1 aliphatic carbocycles. The third kappa shape index (κ3) is 3.69. The summed E-state index contributed by atoms with van der Waals surface area (Å²) in [6, 6.07) is 4.58. The number of methoxy groups -OCH3 is 1. The van der Waals surface area contributed by atoms with Crippen LogP contribution in [-0.4, -0.2) is 30.8 Å². The van der Waals surface area contributed by atoms with Crippen LogP contribution in [0.4, 0.5) is 4.39 Å². The van der Waals surface area contributed by atoms with Crippen molar-refractivity contribution in [2.45, 2.75) is 31.7 Å². The number of benzene rings is 1. The van der Waals surface area contributed by atoms with Crippen molar-refractivity contribution in [2.75, 3.05) is 7.11 Å². The Morgan fingerprint density at radius 2 is 2.09 bits per heavy atom. The van der Waals surface area contributed by atoms with Crippen molar-refractivity contribution in [3.05, 3.63) is 35.6 Å². The summed E-state index contributed by atoms with van der Waals surface area (Å²) in [5.41, 5.74) is -0.140. The standard InChI is InChI=1S/C16H18FNO4/c1-22-16(21)14(10-5-4-6-11(19)9-10)18-15(20)12-7-2-3-8-13(12)17/h2-3,7-8,10,14H,4-6,9H2,1H3,(H,18,20)/t10-,14+/m0/s1. The van der Waals surface area contributed by atoms with Crippen molar-refractivity contribution in [1.82, 2.24) is 5.32 Å². The summed E-state index contributed by atoms with van der Waals surface area (Å²) in [7, 11) is 1.22. The topological polar surface area (TPSA) is 72.5 Å². The van der Waals surface area contributed by atoms with Gasteiger partial charge in [0.2, 0.25) is 0 Å². The van der Waals surface area contributed by atoms with Crippen LogP contribution in [0.5, 0.6) is 0 Å². The first kappa shape index (κ1) is 16.1. The largest absolute Gasteiger partial charge is 0.467 e. The Hall–Kier alpha value is -2.24. The number of carbonyl (C=O) groups is 3. The van der Waals surface area contributed by atoms with Crippen LogP contribution >= 0.6 is 0 Å². The van der Waals surface area contributed by atoms with Gasteiger partial charge in [-0.3, -0.25) is 9.59 Å². The zero-order valence-electron chi connectivity index (χ0n) is 12.3. The molecule has 0 saturated heterocycles. The van der Waals surface area contributed by atoms with Crippen LogP contribution in [0.25, 0.3) is 0 Å². The Morgan fingerprint density at radius 1 is 1.36 bits per heavy atom. The van der Waals surface area contributed by atoms with Gasteiger partial charge in [-0.2, -0.15) is 0 Å². The van der Waals surface area contributed by atoms with E-state index in [4.69, 9.17) is 4.74 Å². The summed E-state index contributed by atoms with van der Waals surface area (Å²) in [5, 5.41) is 2.51. The Labute approximate surface area is 127 Å². The van der Waals surface area contributed by atoms with Crippen LogP contribution in [-0.2, 0) is 14.3 Å². The van der Waals surface area contributed by atoms with Crippen molar-refractivity contribution in [3.63, 3.8) is 0 Å². The van der Waals surface area contributed by atoms with Gasteiger partial charge >= 0.3 is 5.97 Å². The Morgan fingerprint density at radius 3 is 2.73 bits per heavy atom. The normalized spacial score (nSPS) is 19.4. The minimum absolute atomic E-state index is 0.0605. The summed E-state index contributed by atoms with van der Waals surface area (Å²) in [6.45, 7) is 0. The zero-order chi connectivity index (χ0) is 16.1. The van der Waals surface area contributed by atoms with Gasteiger partial charge in [-0.15, -0.1) is 0 Å². The van der Waals surface area contributed by atoms with Crippen molar-refractivity contribution in [1.29, 1.82) is 0 Å². The molecule has 1 saturated carbocycles. The molecule has 2 rings (SSSR count). The Balaban J connectivity index is 2.16. The van der Waals surface area contributed by atoms with E-state index in [1.807, 2.05) is 0 Å². The van der Waals surface area contributed by atoms with E-state index in [0.29, 0.717) is 19.3 Å². The molecule has 1 amide bonds. The predicted molar refractivity (Wildman–Crippen MR) is 76.6 cm³/mol. The van der Waals surface area contributed by atoms with Crippen molar-refractivity contribution in [2.24, 2.45) is 5.92 Å². The predicted octanol–water partition coefficient (Wildman–Crippen LogP) is 1.86. The van der Waals surface area contributed by atoms with Crippen LogP contribution in [0.15, 0.2) is 24.3 Å². The first-order valence-electron chi connectivity index (χ1n) is 7.18. The highest BCUT2D eigenvalue weighted by molar-refractivity contribution is 5.97. The van der Waals surface area contributed by atoms with Crippen LogP contribution in [0.2, 0.25) is 0 Å². The van der Waals surface area contributed by atoms with Crippen LogP contribution in [0, 0.1) is 11.7 Å². The lowest BCUT2D eigenvalue weighted by Gasteiger charge is -2.28. The number of hydrogen-bond donors (Lipinski definition) is 1. The molecule has 1 N–H and O–H groups in total. The zero-order valence-corrected chi connectivity index (χ0v) is 12.3. The third-order valence-corrected chi connectivity index (χ3v) is 3.85. The minimum atomic E-state index is -0.943. The number of esters is 1. The van der Waals surface area contributed by atoms with E-state index in [1.165, 1.54) is 31.4 Å². The molecule has 0 bridgehead atoms. The van der Waals surface area contributed by atoms with E-state index >= 15 is 0 Å². The monoisotopic (exact) mass is 307 g/mol. The van der Waals surface area contributed by atoms with E-state index in [2.05, 4.69) is 5.32 Å². The molecular weight excluding hydrogens is 289 g/mol. The van der Waals surface area contributed by atoms with Gasteiger partial charge in [0.15, 0.2) is 0 Å². The van der Waals surface area contributed by atoms with E-state index in [0.717, 1.165) is 0 Å². The number of ketones is 1. The first-order valence-corrected chi connectivity index (χ1v) is 7.18. The smallest absolute Gasteiger partial charge is 0.328 e. The van der Waals surface area contributed by atoms with Gasteiger partial charge in [-0.05, 0) is 30.9 Å². The fourth-order valence-electron chi connectivity index (χ4n) is 2.70. The highest BCUT2D eigenvalue weighted by Crippen LogP contribution is 2.25. The van der Waals surface area contributed by atoms with E-state index in [9.17, 15) is 18.8 Å². The lowest BCUT2D eigenvalue weighted by Crippen LogP contribution is -2.48. The molecule has 1 aromatic carbocycles. The van der Waals surface area contributed by atoms with Gasteiger partial charge in [0.25, 0.3) is 5.91 Å². The number of carbonyl (C=O) groups excluding carboxylic acids is 3. The molecule has 0 unspecified atom stereocenters. The molecule has 118 valence electrons. The molecule has 0 spiro atoms. The van der Waals surface area contributed by atoms with Gasteiger partial charge in [-0.1, -0.05) is 12.1 Å². The van der Waals surface area contributed by atoms with Gasteiger partial charge in [0.1, 0.15) is 17.6 Å². The summed E-state index contributed by atoms with van der Waals surface area (Å²) in [6.07, 6.45) is 2.03. The number of Topliss-reactive ketones (excluding diaryl/α,β-unsaturated/α-hetero) is 1. The van der Waals surface area contributed by atoms with E-state index < -0.39 is 23.7 Å². The fourth-order valence-corrected chi connectivity index (χ4v) is 2.70. The molecule has 1 aliphatic rings. The maximum Gasteiger partial charge on any atom is 0.328 e. The quantitative estimate of drug-likeness (QED) is 0.862. The van der Waals surface area contributed by atoms with Gasteiger partial charge < -0.3 is 10.1 Å². The summed E-state index contributed by atoms with van der Waals surface area (Å²) < 4.78 is 18.4.